The smallest absolute Gasteiger partial charge is 0.211 e. The number of nitrogens with one attached hydrogen (secondary N) is 1. The summed E-state index contributed by atoms with van der Waals surface area (Å²) < 4.78 is 61.9. The topological polar surface area (TPSA) is 83.6 Å². The lowest BCUT2D eigenvalue weighted by Crippen LogP contribution is -2.37. The van der Waals surface area contributed by atoms with Gasteiger partial charge in [-0.15, -0.1) is 0 Å². The number of benzene rings is 1. The first-order chi connectivity index (χ1) is 9.09. The van der Waals surface area contributed by atoms with Crippen LogP contribution in [0.2, 0.25) is 0 Å². The van der Waals surface area contributed by atoms with Gasteiger partial charge in [-0.3, -0.25) is 0 Å². The highest BCUT2D eigenvalue weighted by Gasteiger charge is 2.18. The van der Waals surface area contributed by atoms with E-state index in [2.05, 4.69) is 4.72 Å². The number of nitrogens with zero attached hydrogens (tertiary/aromatic N) is 1. The van der Waals surface area contributed by atoms with E-state index in [0.717, 1.165) is 16.8 Å². The van der Waals surface area contributed by atoms with Gasteiger partial charge >= 0.3 is 0 Å². The number of sulfonamides is 2. The van der Waals surface area contributed by atoms with Crippen LogP contribution in [0.15, 0.2) is 24.3 Å². The van der Waals surface area contributed by atoms with Crippen molar-refractivity contribution in [1.29, 1.82) is 0 Å². The predicted molar refractivity (Wildman–Crippen MR) is 74.5 cm³/mol. The van der Waals surface area contributed by atoms with E-state index in [0.29, 0.717) is 0 Å². The van der Waals surface area contributed by atoms with Crippen molar-refractivity contribution in [2.24, 2.45) is 0 Å². The molecule has 1 aromatic carbocycles. The standard InChI is InChI=1S/C11H17FN2O4S2/c1-19(15,16)13-7-8-14(20(2,17)18)9-10-5-3-4-6-11(10)12/h3-6,13H,7-9H2,1-2H3. The molecule has 0 amide bonds. The summed E-state index contributed by atoms with van der Waals surface area (Å²) in [7, 11) is -6.96. The fourth-order valence-corrected chi connectivity index (χ4v) is 2.79. The highest BCUT2D eigenvalue weighted by atomic mass is 32.2. The van der Waals surface area contributed by atoms with E-state index in [1.807, 2.05) is 0 Å². The van der Waals surface area contributed by atoms with Crippen LogP contribution in [-0.2, 0) is 26.6 Å². The summed E-state index contributed by atoms with van der Waals surface area (Å²) in [5.74, 6) is -0.503. The zero-order valence-electron chi connectivity index (χ0n) is 11.2. The maximum atomic E-state index is 13.5. The first-order valence-electron chi connectivity index (χ1n) is 5.73. The molecule has 0 saturated carbocycles. The molecule has 0 spiro atoms. The van der Waals surface area contributed by atoms with Crippen LogP contribution in [0.4, 0.5) is 4.39 Å². The molecule has 0 unspecified atom stereocenters. The lowest BCUT2D eigenvalue weighted by Gasteiger charge is -2.20. The molecular formula is C11H17FN2O4S2. The van der Waals surface area contributed by atoms with Crippen molar-refractivity contribution in [2.75, 3.05) is 25.6 Å². The number of hydrogen-bond donors (Lipinski definition) is 1. The minimum atomic E-state index is -3.57. The Morgan fingerprint density at radius 3 is 2.25 bits per heavy atom. The van der Waals surface area contributed by atoms with Gasteiger partial charge in [0.1, 0.15) is 5.82 Å². The molecule has 9 heteroatoms. The predicted octanol–water partition coefficient (Wildman–Crippen LogP) is 0.136. The van der Waals surface area contributed by atoms with E-state index < -0.39 is 25.9 Å². The Kier molecular flexibility index (Phi) is 5.63. The zero-order chi connectivity index (χ0) is 15.4. The van der Waals surface area contributed by atoms with E-state index in [-0.39, 0.29) is 25.2 Å². The Labute approximate surface area is 118 Å². The molecule has 0 radical (unpaired) electrons. The van der Waals surface area contributed by atoms with Gasteiger partial charge in [-0.2, -0.15) is 4.31 Å². The van der Waals surface area contributed by atoms with Crippen LogP contribution in [0, 0.1) is 5.82 Å². The van der Waals surface area contributed by atoms with Crippen LogP contribution < -0.4 is 4.72 Å². The summed E-state index contributed by atoms with van der Waals surface area (Å²) in [4.78, 5) is 0. The third-order valence-electron chi connectivity index (χ3n) is 2.50. The van der Waals surface area contributed by atoms with Crippen molar-refractivity contribution in [2.45, 2.75) is 6.54 Å². The van der Waals surface area contributed by atoms with Crippen LogP contribution in [-0.4, -0.2) is 46.7 Å². The fraction of sp³-hybridized carbons (Fsp3) is 0.455. The Balaban J connectivity index is 2.79. The van der Waals surface area contributed by atoms with Crippen LogP contribution >= 0.6 is 0 Å². The Morgan fingerprint density at radius 2 is 1.75 bits per heavy atom. The number of rotatable bonds is 7. The summed E-state index contributed by atoms with van der Waals surface area (Å²) >= 11 is 0. The molecule has 0 heterocycles. The molecule has 1 aromatic rings. The van der Waals surface area contributed by atoms with Gasteiger partial charge in [0.2, 0.25) is 20.0 Å². The third kappa shape index (κ3) is 5.95. The van der Waals surface area contributed by atoms with E-state index in [1.54, 1.807) is 6.07 Å². The normalized spacial score (nSPS) is 12.8. The molecule has 0 saturated heterocycles. The van der Waals surface area contributed by atoms with Crippen molar-refractivity contribution >= 4 is 20.0 Å². The average Bonchev–Trinajstić information content (AvgIpc) is 2.27. The molecule has 0 aliphatic heterocycles. The molecule has 0 aliphatic rings. The van der Waals surface area contributed by atoms with Crippen molar-refractivity contribution in [3.8, 4) is 0 Å². The second-order valence-electron chi connectivity index (χ2n) is 4.35. The quantitative estimate of drug-likeness (QED) is 0.773. The summed E-state index contributed by atoms with van der Waals surface area (Å²) in [6.07, 6.45) is 1.98. The van der Waals surface area contributed by atoms with Gasteiger partial charge in [-0.25, -0.2) is 25.9 Å². The van der Waals surface area contributed by atoms with E-state index in [9.17, 15) is 21.2 Å². The van der Waals surface area contributed by atoms with Gasteiger partial charge < -0.3 is 0 Å². The van der Waals surface area contributed by atoms with Gasteiger partial charge in [-0.1, -0.05) is 18.2 Å². The van der Waals surface area contributed by atoms with Crippen molar-refractivity contribution < 1.29 is 21.2 Å². The molecule has 1 N–H and O–H groups in total. The van der Waals surface area contributed by atoms with Gasteiger partial charge in [0, 0.05) is 25.2 Å². The Morgan fingerprint density at radius 1 is 1.15 bits per heavy atom. The molecule has 0 aromatic heterocycles. The second kappa shape index (κ2) is 6.61. The lowest BCUT2D eigenvalue weighted by atomic mass is 10.2. The zero-order valence-corrected chi connectivity index (χ0v) is 12.8. The van der Waals surface area contributed by atoms with E-state index >= 15 is 0 Å². The Hall–Kier alpha value is -1.03. The molecular weight excluding hydrogens is 307 g/mol. The fourth-order valence-electron chi connectivity index (χ4n) is 1.53. The second-order valence-corrected chi connectivity index (χ2v) is 8.17. The maximum absolute atomic E-state index is 13.5. The first kappa shape index (κ1) is 17.0. The minimum Gasteiger partial charge on any atom is -0.214 e. The van der Waals surface area contributed by atoms with Crippen molar-refractivity contribution in [3.05, 3.63) is 35.6 Å². The van der Waals surface area contributed by atoms with Crippen LogP contribution in [0.25, 0.3) is 0 Å². The van der Waals surface area contributed by atoms with E-state index in [4.69, 9.17) is 0 Å². The minimum absolute atomic E-state index is 0.0691. The molecule has 0 bridgehead atoms. The molecule has 0 fully saturated rings. The highest BCUT2D eigenvalue weighted by Crippen LogP contribution is 2.11. The summed E-state index contributed by atoms with van der Waals surface area (Å²) in [5, 5.41) is 0. The van der Waals surface area contributed by atoms with Gasteiger partial charge in [0.25, 0.3) is 0 Å². The summed E-state index contributed by atoms with van der Waals surface area (Å²) in [6, 6.07) is 5.84. The molecule has 1 rings (SSSR count). The molecule has 114 valence electrons. The SMILES string of the molecule is CS(=O)(=O)NCCN(Cc1ccccc1F)S(C)(=O)=O. The van der Waals surface area contributed by atoms with Crippen molar-refractivity contribution in [3.63, 3.8) is 0 Å². The maximum Gasteiger partial charge on any atom is 0.211 e. The van der Waals surface area contributed by atoms with Crippen molar-refractivity contribution in [1.82, 2.24) is 9.03 Å². The molecule has 0 atom stereocenters. The molecule has 0 aliphatic carbocycles. The Bertz CT molecular complexity index is 659. The summed E-state index contributed by atoms with van der Waals surface area (Å²) in [6.45, 7) is -0.280. The monoisotopic (exact) mass is 324 g/mol. The van der Waals surface area contributed by atoms with Gasteiger partial charge in [0.05, 0.1) is 12.5 Å². The number of halogens is 1. The first-order valence-corrected chi connectivity index (χ1v) is 9.47. The average molecular weight is 324 g/mol. The van der Waals surface area contributed by atoms with Gasteiger partial charge in [-0.05, 0) is 6.07 Å². The largest absolute Gasteiger partial charge is 0.214 e. The van der Waals surface area contributed by atoms with E-state index in [1.165, 1.54) is 18.2 Å². The van der Waals surface area contributed by atoms with Gasteiger partial charge in [0.15, 0.2) is 0 Å². The third-order valence-corrected chi connectivity index (χ3v) is 4.48. The summed E-state index contributed by atoms with van der Waals surface area (Å²) in [5.41, 5.74) is 0.234. The van der Waals surface area contributed by atoms with Crippen LogP contribution in [0.5, 0.6) is 0 Å². The molecule has 20 heavy (non-hydrogen) atoms. The highest BCUT2D eigenvalue weighted by molar-refractivity contribution is 7.88. The molecule has 6 nitrogen and oxygen atoms in total. The van der Waals surface area contributed by atoms with Crippen LogP contribution in [0.1, 0.15) is 5.56 Å². The lowest BCUT2D eigenvalue weighted by molar-refractivity contribution is 0.405. The van der Waals surface area contributed by atoms with Crippen LogP contribution in [0.3, 0.4) is 0 Å². The number of hydrogen-bond acceptors (Lipinski definition) is 4.